The molecule has 3 rings (SSSR count). The normalized spacial score (nSPS) is 20.4. The van der Waals surface area contributed by atoms with Crippen molar-refractivity contribution in [3.05, 3.63) is 35.8 Å². The number of fused-ring (bicyclic) bond motifs is 1. The summed E-state index contributed by atoms with van der Waals surface area (Å²) in [6.07, 6.45) is 5.83. The van der Waals surface area contributed by atoms with Gasteiger partial charge in [-0.1, -0.05) is 6.07 Å². The van der Waals surface area contributed by atoms with E-state index in [-0.39, 0.29) is 5.92 Å². The van der Waals surface area contributed by atoms with Crippen LogP contribution in [0.2, 0.25) is 0 Å². The number of nitrogens with zero attached hydrogens (tertiary/aromatic N) is 3. The Bertz CT molecular complexity index is 635. The molecule has 0 radical (unpaired) electrons. The second-order valence-electron chi connectivity index (χ2n) is 5.62. The van der Waals surface area contributed by atoms with Gasteiger partial charge in [0.15, 0.2) is 0 Å². The van der Waals surface area contributed by atoms with E-state index in [1.54, 1.807) is 0 Å². The molecule has 0 aliphatic carbocycles. The first-order valence-electron chi connectivity index (χ1n) is 7.01. The molecule has 0 aromatic carbocycles. The van der Waals surface area contributed by atoms with E-state index < -0.39 is 5.97 Å². The number of carbonyl (C=O) groups is 1. The van der Waals surface area contributed by atoms with Gasteiger partial charge in [-0.25, -0.2) is 4.98 Å². The zero-order valence-electron chi connectivity index (χ0n) is 11.6. The summed E-state index contributed by atoms with van der Waals surface area (Å²) in [5, 5.41) is 9.12. The molecule has 5 heteroatoms. The standard InChI is InChI=1S/C15H19N3O2/c1-11-4-5-14-16-13(10-18(14)7-11)9-17-6-2-3-12(8-17)15(19)20/h4-5,7,10,12H,2-3,6,8-9H2,1H3,(H,19,20)/t12-/m1/s1. The van der Waals surface area contributed by atoms with Crippen LogP contribution in [0.25, 0.3) is 5.65 Å². The number of carboxylic acids is 1. The summed E-state index contributed by atoms with van der Waals surface area (Å²) in [4.78, 5) is 17.9. The molecule has 0 spiro atoms. The van der Waals surface area contributed by atoms with Gasteiger partial charge in [-0.3, -0.25) is 9.69 Å². The molecule has 2 aromatic rings. The SMILES string of the molecule is Cc1ccc2nc(CN3CCC[C@@H](C(=O)O)C3)cn2c1. The first kappa shape index (κ1) is 13.1. The van der Waals surface area contributed by atoms with Gasteiger partial charge in [0.05, 0.1) is 11.6 Å². The molecule has 106 valence electrons. The first-order chi connectivity index (χ1) is 9.61. The van der Waals surface area contributed by atoms with Crippen molar-refractivity contribution >= 4 is 11.6 Å². The minimum Gasteiger partial charge on any atom is -0.481 e. The van der Waals surface area contributed by atoms with Gasteiger partial charge in [-0.2, -0.15) is 0 Å². The number of rotatable bonds is 3. The zero-order valence-corrected chi connectivity index (χ0v) is 11.6. The Morgan fingerprint density at radius 3 is 3.10 bits per heavy atom. The smallest absolute Gasteiger partial charge is 0.307 e. The van der Waals surface area contributed by atoms with E-state index in [9.17, 15) is 4.79 Å². The van der Waals surface area contributed by atoms with Gasteiger partial charge in [0.25, 0.3) is 0 Å². The van der Waals surface area contributed by atoms with Crippen molar-refractivity contribution in [2.45, 2.75) is 26.3 Å². The lowest BCUT2D eigenvalue weighted by Crippen LogP contribution is -2.38. The van der Waals surface area contributed by atoms with Crippen molar-refractivity contribution in [2.24, 2.45) is 5.92 Å². The highest BCUT2D eigenvalue weighted by Gasteiger charge is 2.25. The van der Waals surface area contributed by atoms with E-state index >= 15 is 0 Å². The molecule has 1 N–H and O–H groups in total. The predicted octanol–water partition coefficient (Wildman–Crippen LogP) is 1.94. The van der Waals surface area contributed by atoms with Crippen molar-refractivity contribution in [3.63, 3.8) is 0 Å². The van der Waals surface area contributed by atoms with Crippen molar-refractivity contribution in [1.29, 1.82) is 0 Å². The average Bonchev–Trinajstić information content (AvgIpc) is 2.80. The molecule has 1 aliphatic rings. The van der Waals surface area contributed by atoms with Gasteiger partial charge in [-0.15, -0.1) is 0 Å². The quantitative estimate of drug-likeness (QED) is 0.928. The van der Waals surface area contributed by atoms with Crippen molar-refractivity contribution in [1.82, 2.24) is 14.3 Å². The van der Waals surface area contributed by atoms with Crippen LogP contribution in [0, 0.1) is 12.8 Å². The fourth-order valence-electron chi connectivity index (χ4n) is 2.86. The zero-order chi connectivity index (χ0) is 14.1. The number of likely N-dealkylation sites (tertiary alicyclic amines) is 1. The summed E-state index contributed by atoms with van der Waals surface area (Å²) in [5.74, 6) is -0.914. The van der Waals surface area contributed by atoms with Crippen LogP contribution in [0.15, 0.2) is 24.5 Å². The lowest BCUT2D eigenvalue weighted by molar-refractivity contribution is -0.143. The molecule has 2 aromatic heterocycles. The molecule has 1 saturated heterocycles. The highest BCUT2D eigenvalue weighted by molar-refractivity contribution is 5.70. The maximum atomic E-state index is 11.1. The van der Waals surface area contributed by atoms with Crippen LogP contribution in [-0.4, -0.2) is 38.4 Å². The van der Waals surface area contributed by atoms with Crippen LogP contribution in [0.3, 0.4) is 0 Å². The van der Waals surface area contributed by atoms with Crippen LogP contribution in [-0.2, 0) is 11.3 Å². The number of aliphatic carboxylic acids is 1. The van der Waals surface area contributed by atoms with E-state index in [2.05, 4.69) is 23.0 Å². The highest BCUT2D eigenvalue weighted by atomic mass is 16.4. The molecule has 1 aliphatic heterocycles. The molecule has 5 nitrogen and oxygen atoms in total. The topological polar surface area (TPSA) is 57.8 Å². The Morgan fingerprint density at radius 2 is 2.30 bits per heavy atom. The molecule has 20 heavy (non-hydrogen) atoms. The van der Waals surface area contributed by atoms with Gasteiger partial charge >= 0.3 is 5.97 Å². The van der Waals surface area contributed by atoms with Crippen LogP contribution in [0.4, 0.5) is 0 Å². The maximum absolute atomic E-state index is 11.1. The third-order valence-electron chi connectivity index (χ3n) is 3.89. The van der Waals surface area contributed by atoms with E-state index in [1.165, 1.54) is 5.56 Å². The van der Waals surface area contributed by atoms with Gasteiger partial charge in [0.2, 0.25) is 0 Å². The van der Waals surface area contributed by atoms with Gasteiger partial charge in [-0.05, 0) is 37.9 Å². The maximum Gasteiger partial charge on any atom is 0.307 e. The second-order valence-corrected chi connectivity index (χ2v) is 5.62. The lowest BCUT2D eigenvalue weighted by atomic mass is 9.98. The molecule has 0 bridgehead atoms. The monoisotopic (exact) mass is 273 g/mol. The summed E-state index contributed by atoms with van der Waals surface area (Å²) >= 11 is 0. The van der Waals surface area contributed by atoms with Crippen molar-refractivity contribution < 1.29 is 9.90 Å². The fourth-order valence-corrected chi connectivity index (χ4v) is 2.86. The number of hydrogen-bond donors (Lipinski definition) is 1. The van der Waals surface area contributed by atoms with E-state index in [1.807, 2.05) is 22.7 Å². The van der Waals surface area contributed by atoms with Crippen LogP contribution < -0.4 is 0 Å². The number of piperidine rings is 1. The van der Waals surface area contributed by atoms with E-state index in [0.717, 1.165) is 37.3 Å². The van der Waals surface area contributed by atoms with Gasteiger partial charge < -0.3 is 9.51 Å². The number of pyridine rings is 1. The van der Waals surface area contributed by atoms with E-state index in [0.29, 0.717) is 6.54 Å². The summed E-state index contributed by atoms with van der Waals surface area (Å²) in [6, 6.07) is 4.06. The number of aromatic nitrogens is 2. The minimum atomic E-state index is -0.680. The van der Waals surface area contributed by atoms with Crippen LogP contribution in [0.1, 0.15) is 24.1 Å². The Kier molecular flexibility index (Phi) is 3.44. The Hall–Kier alpha value is -1.88. The Morgan fingerprint density at radius 1 is 1.45 bits per heavy atom. The second kappa shape index (κ2) is 5.25. The molecule has 0 amide bonds. The molecule has 1 atom stereocenters. The largest absolute Gasteiger partial charge is 0.481 e. The van der Waals surface area contributed by atoms with Gasteiger partial charge in [0.1, 0.15) is 5.65 Å². The summed E-state index contributed by atoms with van der Waals surface area (Å²) < 4.78 is 2.03. The van der Waals surface area contributed by atoms with Gasteiger partial charge in [0, 0.05) is 25.5 Å². The summed E-state index contributed by atoms with van der Waals surface area (Å²) in [5.41, 5.74) is 3.14. The molecule has 3 heterocycles. The van der Waals surface area contributed by atoms with Crippen LogP contribution in [0.5, 0.6) is 0 Å². The molecule has 1 fully saturated rings. The number of hydrogen-bond acceptors (Lipinski definition) is 3. The van der Waals surface area contributed by atoms with Crippen LogP contribution >= 0.6 is 0 Å². The highest BCUT2D eigenvalue weighted by Crippen LogP contribution is 2.19. The minimum absolute atomic E-state index is 0.233. The van der Waals surface area contributed by atoms with Crippen molar-refractivity contribution in [3.8, 4) is 0 Å². The number of carboxylic acid groups (broad SMARTS) is 1. The summed E-state index contributed by atoms with van der Waals surface area (Å²) in [6.45, 7) is 4.37. The third kappa shape index (κ3) is 2.67. The molecule has 0 saturated carbocycles. The van der Waals surface area contributed by atoms with Crippen molar-refractivity contribution in [2.75, 3.05) is 13.1 Å². The first-order valence-corrected chi connectivity index (χ1v) is 7.01. The molecular weight excluding hydrogens is 254 g/mol. The number of imidazole rings is 1. The number of aryl methyl sites for hydroxylation is 1. The average molecular weight is 273 g/mol. The molecule has 0 unspecified atom stereocenters. The fraction of sp³-hybridized carbons (Fsp3) is 0.467. The molecular formula is C15H19N3O2. The van der Waals surface area contributed by atoms with E-state index in [4.69, 9.17) is 5.11 Å². The lowest BCUT2D eigenvalue weighted by Gasteiger charge is -2.29. The Labute approximate surface area is 117 Å². The summed E-state index contributed by atoms with van der Waals surface area (Å²) in [7, 11) is 0. The third-order valence-corrected chi connectivity index (χ3v) is 3.89. The predicted molar refractivity (Wildman–Crippen MR) is 75.6 cm³/mol. The Balaban J connectivity index is 1.74.